The van der Waals surface area contributed by atoms with E-state index in [4.69, 9.17) is 0 Å². The minimum Gasteiger partial charge on any atom is -0.0622 e. The highest BCUT2D eigenvalue weighted by atomic mass is 14.1. The van der Waals surface area contributed by atoms with Gasteiger partial charge in [0.2, 0.25) is 0 Å². The van der Waals surface area contributed by atoms with Crippen LogP contribution in [0.4, 0.5) is 0 Å². The van der Waals surface area contributed by atoms with Gasteiger partial charge in [0.25, 0.3) is 0 Å². The van der Waals surface area contributed by atoms with Crippen molar-refractivity contribution in [1.29, 1.82) is 0 Å². The van der Waals surface area contributed by atoms with E-state index in [9.17, 15) is 0 Å². The molecule has 0 aromatic heterocycles. The molecule has 0 N–H and O–H groups in total. The quantitative estimate of drug-likeness (QED) is 0.708. The van der Waals surface area contributed by atoms with E-state index in [0.717, 1.165) is 19.3 Å². The summed E-state index contributed by atoms with van der Waals surface area (Å²) in [5.41, 5.74) is 2.80. The average molecular weight is 223 g/mol. The van der Waals surface area contributed by atoms with Crippen LogP contribution >= 0.6 is 0 Å². The van der Waals surface area contributed by atoms with E-state index in [-0.39, 0.29) is 0 Å². The smallest absolute Gasteiger partial charge is 0.0250 e. The van der Waals surface area contributed by atoms with Crippen molar-refractivity contribution in [1.82, 2.24) is 0 Å². The summed E-state index contributed by atoms with van der Waals surface area (Å²) in [7, 11) is 0. The zero-order valence-corrected chi connectivity index (χ0v) is 10.2. The fourth-order valence-electron chi connectivity index (χ4n) is 2.06. The van der Waals surface area contributed by atoms with Gasteiger partial charge in [-0.2, -0.15) is 0 Å². The van der Waals surface area contributed by atoms with Crippen LogP contribution in [-0.2, 0) is 12.8 Å². The van der Waals surface area contributed by atoms with E-state index in [1.165, 1.54) is 11.1 Å². The van der Waals surface area contributed by atoms with Crippen molar-refractivity contribution < 1.29 is 0 Å². The van der Waals surface area contributed by atoms with Crippen molar-refractivity contribution in [3.8, 4) is 0 Å². The molecule has 0 fully saturated rings. The Morgan fingerprint density at radius 3 is 1.88 bits per heavy atom. The Hall–Kier alpha value is -1.56. The maximum Gasteiger partial charge on any atom is -0.0250 e. The lowest BCUT2D eigenvalue weighted by molar-refractivity contribution is 0.584. The average Bonchev–Trinajstić information content (AvgIpc) is 2.39. The van der Waals surface area contributed by atoms with Gasteiger partial charge in [-0.05, 0) is 43.2 Å². The molecule has 0 heterocycles. The number of hydrogen-bond donors (Lipinski definition) is 0. The molecule has 0 aliphatic carbocycles. The third kappa shape index (κ3) is 4.07. The molecule has 0 amide bonds. The van der Waals surface area contributed by atoms with Crippen LogP contribution in [0.3, 0.4) is 0 Å². The third-order valence-corrected chi connectivity index (χ3v) is 3.05. The van der Waals surface area contributed by atoms with Crippen molar-refractivity contribution in [3.05, 3.63) is 78.7 Å². The molecule has 1 atom stereocenters. The SMILES string of the molecule is [CH2]C(CCc1ccccc1)Cc1ccccc1. The second-order valence-corrected chi connectivity index (χ2v) is 4.58. The van der Waals surface area contributed by atoms with Crippen LogP contribution in [0.25, 0.3) is 0 Å². The first kappa shape index (κ1) is 11.9. The van der Waals surface area contributed by atoms with Crippen molar-refractivity contribution >= 4 is 0 Å². The molecule has 2 rings (SSSR count). The van der Waals surface area contributed by atoms with Crippen LogP contribution in [-0.4, -0.2) is 0 Å². The Balaban J connectivity index is 1.80. The summed E-state index contributed by atoms with van der Waals surface area (Å²) < 4.78 is 0. The van der Waals surface area contributed by atoms with Crippen LogP contribution in [0, 0.1) is 12.8 Å². The molecule has 0 saturated carbocycles. The van der Waals surface area contributed by atoms with Crippen LogP contribution in [0.15, 0.2) is 60.7 Å². The minimum absolute atomic E-state index is 0.498. The molecule has 0 nitrogen and oxygen atoms in total. The van der Waals surface area contributed by atoms with Gasteiger partial charge in [-0.3, -0.25) is 0 Å². The van der Waals surface area contributed by atoms with E-state index in [0.29, 0.717) is 5.92 Å². The first-order valence-electron chi connectivity index (χ1n) is 6.25. The van der Waals surface area contributed by atoms with Crippen LogP contribution in [0.1, 0.15) is 17.5 Å². The number of benzene rings is 2. The minimum atomic E-state index is 0.498. The molecule has 1 radical (unpaired) electrons. The Morgan fingerprint density at radius 1 is 0.765 bits per heavy atom. The molecule has 0 bridgehead atoms. The van der Waals surface area contributed by atoms with E-state index in [2.05, 4.69) is 67.6 Å². The van der Waals surface area contributed by atoms with Gasteiger partial charge >= 0.3 is 0 Å². The number of aryl methyl sites for hydroxylation is 1. The van der Waals surface area contributed by atoms with Crippen LogP contribution in [0.2, 0.25) is 0 Å². The molecule has 0 aliphatic heterocycles. The second-order valence-electron chi connectivity index (χ2n) is 4.58. The molecular weight excluding hydrogens is 204 g/mol. The lowest BCUT2D eigenvalue weighted by Crippen LogP contribution is -2.02. The van der Waals surface area contributed by atoms with E-state index in [1.807, 2.05) is 0 Å². The van der Waals surface area contributed by atoms with Crippen molar-refractivity contribution in [2.45, 2.75) is 19.3 Å². The number of rotatable bonds is 5. The second kappa shape index (κ2) is 6.24. The third-order valence-electron chi connectivity index (χ3n) is 3.05. The predicted molar refractivity (Wildman–Crippen MR) is 73.8 cm³/mol. The van der Waals surface area contributed by atoms with Gasteiger partial charge in [0, 0.05) is 0 Å². The molecule has 0 aliphatic rings. The Morgan fingerprint density at radius 2 is 1.29 bits per heavy atom. The summed E-state index contributed by atoms with van der Waals surface area (Å²) in [5.74, 6) is 0.498. The Bertz CT molecular complexity index is 416. The highest BCUT2D eigenvalue weighted by Gasteiger charge is 2.03. The van der Waals surface area contributed by atoms with Crippen LogP contribution < -0.4 is 0 Å². The summed E-state index contributed by atoms with van der Waals surface area (Å²) in [6.07, 6.45) is 3.36. The van der Waals surface area contributed by atoms with Gasteiger partial charge in [-0.1, -0.05) is 60.7 Å². The highest BCUT2D eigenvalue weighted by molar-refractivity contribution is 5.17. The fraction of sp³-hybridized carbons (Fsp3) is 0.235. The zero-order chi connectivity index (χ0) is 11.9. The molecule has 17 heavy (non-hydrogen) atoms. The van der Waals surface area contributed by atoms with Gasteiger partial charge in [0.05, 0.1) is 0 Å². The van der Waals surface area contributed by atoms with E-state index in [1.54, 1.807) is 0 Å². The first-order valence-corrected chi connectivity index (χ1v) is 6.25. The Kier molecular flexibility index (Phi) is 4.37. The highest BCUT2D eigenvalue weighted by Crippen LogP contribution is 2.14. The van der Waals surface area contributed by atoms with Gasteiger partial charge < -0.3 is 0 Å². The van der Waals surface area contributed by atoms with E-state index < -0.39 is 0 Å². The fourth-order valence-corrected chi connectivity index (χ4v) is 2.06. The summed E-state index contributed by atoms with van der Waals surface area (Å²) in [4.78, 5) is 0. The topological polar surface area (TPSA) is 0 Å². The lowest BCUT2D eigenvalue weighted by atomic mass is 9.95. The van der Waals surface area contributed by atoms with Crippen molar-refractivity contribution in [2.24, 2.45) is 5.92 Å². The molecule has 1 unspecified atom stereocenters. The summed E-state index contributed by atoms with van der Waals surface area (Å²) >= 11 is 0. The standard InChI is InChI=1S/C17H19/c1-15(14-17-10-6-3-7-11-17)12-13-16-8-4-2-5-9-16/h2-11,15H,1,12-14H2. The van der Waals surface area contributed by atoms with Gasteiger partial charge in [0.15, 0.2) is 0 Å². The van der Waals surface area contributed by atoms with Gasteiger partial charge in [-0.15, -0.1) is 0 Å². The maximum atomic E-state index is 4.25. The van der Waals surface area contributed by atoms with E-state index >= 15 is 0 Å². The van der Waals surface area contributed by atoms with Gasteiger partial charge in [0.1, 0.15) is 0 Å². The predicted octanol–water partition coefficient (Wildman–Crippen LogP) is 4.31. The lowest BCUT2D eigenvalue weighted by Gasteiger charge is -2.11. The summed E-state index contributed by atoms with van der Waals surface area (Å²) in [6.45, 7) is 4.25. The molecule has 0 saturated heterocycles. The largest absolute Gasteiger partial charge is 0.0622 e. The normalized spacial score (nSPS) is 12.3. The molecular formula is C17H19. The van der Waals surface area contributed by atoms with Crippen molar-refractivity contribution in [3.63, 3.8) is 0 Å². The molecule has 87 valence electrons. The van der Waals surface area contributed by atoms with Crippen LogP contribution in [0.5, 0.6) is 0 Å². The maximum absolute atomic E-state index is 4.25. The summed E-state index contributed by atoms with van der Waals surface area (Å²) in [6, 6.07) is 21.3. The zero-order valence-electron chi connectivity index (χ0n) is 10.2. The molecule has 2 aromatic carbocycles. The molecule has 2 aromatic rings. The monoisotopic (exact) mass is 223 g/mol. The van der Waals surface area contributed by atoms with Gasteiger partial charge in [-0.25, -0.2) is 0 Å². The Labute approximate surface area is 104 Å². The van der Waals surface area contributed by atoms with Crippen molar-refractivity contribution in [2.75, 3.05) is 0 Å². The first-order chi connectivity index (χ1) is 8.34. The summed E-state index contributed by atoms with van der Waals surface area (Å²) in [5, 5.41) is 0. The molecule has 0 heteroatoms. The molecule has 0 spiro atoms. The number of hydrogen-bond acceptors (Lipinski definition) is 0.